The maximum absolute atomic E-state index is 10.8. The van der Waals surface area contributed by atoms with Crippen LogP contribution in [0.5, 0.6) is 5.75 Å². The van der Waals surface area contributed by atoms with Gasteiger partial charge in [0, 0.05) is 5.56 Å². The van der Waals surface area contributed by atoms with Crippen LogP contribution in [-0.2, 0) is 4.79 Å². The third-order valence-electron chi connectivity index (χ3n) is 2.80. The van der Waals surface area contributed by atoms with Crippen LogP contribution in [0.4, 0.5) is 5.69 Å². The molecular formula is C16H14N2O5. The maximum atomic E-state index is 10.8. The average Bonchev–Trinajstić information content (AvgIpc) is 2.54. The molecule has 0 saturated carbocycles. The molecule has 118 valence electrons. The molecule has 0 spiro atoms. The number of benzene rings is 2. The molecule has 0 radical (unpaired) electrons. The van der Waals surface area contributed by atoms with Crippen LogP contribution >= 0.6 is 0 Å². The molecule has 7 heteroatoms. The van der Waals surface area contributed by atoms with E-state index >= 15 is 0 Å². The van der Waals surface area contributed by atoms with Crippen LogP contribution < -0.4 is 10.2 Å². The molecule has 0 aliphatic rings. The van der Waals surface area contributed by atoms with E-state index < -0.39 is 18.5 Å². The van der Waals surface area contributed by atoms with Crippen molar-refractivity contribution < 1.29 is 24.5 Å². The minimum Gasteiger partial charge on any atom is -0.481 e. The van der Waals surface area contributed by atoms with E-state index in [1.165, 1.54) is 18.3 Å². The highest BCUT2D eigenvalue weighted by atomic mass is 16.5. The lowest BCUT2D eigenvalue weighted by molar-refractivity contribution is -0.139. The van der Waals surface area contributed by atoms with E-state index in [9.17, 15) is 9.59 Å². The van der Waals surface area contributed by atoms with Crippen LogP contribution in [0.3, 0.4) is 0 Å². The molecule has 0 fully saturated rings. The fraction of sp³-hybridized carbons (Fsp3) is 0.0625. The number of hydrogen-bond donors (Lipinski definition) is 3. The monoisotopic (exact) mass is 314 g/mol. The molecule has 0 heterocycles. The van der Waals surface area contributed by atoms with E-state index in [1.54, 1.807) is 36.4 Å². The third kappa shape index (κ3) is 4.85. The Bertz CT molecular complexity index is 726. The molecule has 7 nitrogen and oxygen atoms in total. The number of nitrogens with zero attached hydrogens (tertiary/aromatic N) is 1. The van der Waals surface area contributed by atoms with Crippen molar-refractivity contribution in [2.24, 2.45) is 5.10 Å². The van der Waals surface area contributed by atoms with Crippen LogP contribution in [0.15, 0.2) is 53.6 Å². The van der Waals surface area contributed by atoms with Gasteiger partial charge in [-0.3, -0.25) is 5.43 Å². The summed E-state index contributed by atoms with van der Waals surface area (Å²) in [7, 11) is 0. The lowest BCUT2D eigenvalue weighted by atomic mass is 10.2. The summed E-state index contributed by atoms with van der Waals surface area (Å²) in [6.07, 6.45) is 1.49. The number of hydrogen-bond acceptors (Lipinski definition) is 5. The standard InChI is InChI=1S/C16H14N2O5/c19-15(20)10-23-14-4-2-1-3-12(14)9-17-18-13-7-5-11(6-8-13)16(21)22/h1-9,18H,10H2,(H,19,20)(H,21,22)/b17-9+. The van der Waals surface area contributed by atoms with Crippen LogP contribution in [0.25, 0.3) is 0 Å². The molecule has 0 aromatic heterocycles. The first-order chi connectivity index (χ1) is 11.1. The zero-order chi connectivity index (χ0) is 16.7. The number of ether oxygens (including phenoxy) is 1. The number of carbonyl (C=O) groups is 2. The number of nitrogens with one attached hydrogen (secondary N) is 1. The van der Waals surface area contributed by atoms with Gasteiger partial charge in [-0.2, -0.15) is 5.10 Å². The first-order valence-corrected chi connectivity index (χ1v) is 6.62. The van der Waals surface area contributed by atoms with Crippen molar-refractivity contribution in [3.8, 4) is 5.75 Å². The van der Waals surface area contributed by atoms with Crippen LogP contribution in [0.1, 0.15) is 15.9 Å². The summed E-state index contributed by atoms with van der Waals surface area (Å²) in [6, 6.07) is 13.0. The highest BCUT2D eigenvalue weighted by molar-refractivity contribution is 5.88. The molecular weight excluding hydrogens is 300 g/mol. The molecule has 2 aromatic rings. The van der Waals surface area contributed by atoms with Gasteiger partial charge < -0.3 is 14.9 Å². The predicted molar refractivity (Wildman–Crippen MR) is 84.2 cm³/mol. The van der Waals surface area contributed by atoms with Crippen molar-refractivity contribution in [3.63, 3.8) is 0 Å². The van der Waals surface area contributed by atoms with E-state index in [1.807, 2.05) is 0 Å². The van der Waals surface area contributed by atoms with Gasteiger partial charge in [-0.1, -0.05) is 12.1 Å². The Hall–Kier alpha value is -3.35. The van der Waals surface area contributed by atoms with Gasteiger partial charge in [-0.15, -0.1) is 0 Å². The van der Waals surface area contributed by atoms with Crippen molar-refractivity contribution in [3.05, 3.63) is 59.7 Å². The maximum Gasteiger partial charge on any atom is 0.341 e. The van der Waals surface area contributed by atoms with Crippen LogP contribution in [-0.4, -0.2) is 35.0 Å². The molecule has 0 saturated heterocycles. The zero-order valence-corrected chi connectivity index (χ0v) is 12.0. The first kappa shape index (κ1) is 16.0. The summed E-state index contributed by atoms with van der Waals surface area (Å²) in [5, 5.41) is 21.5. The lowest BCUT2D eigenvalue weighted by Gasteiger charge is -2.06. The lowest BCUT2D eigenvalue weighted by Crippen LogP contribution is -2.10. The van der Waals surface area contributed by atoms with E-state index in [0.717, 1.165) is 0 Å². The molecule has 0 bridgehead atoms. The minimum atomic E-state index is -1.06. The summed E-state index contributed by atoms with van der Waals surface area (Å²) in [5.74, 6) is -1.65. The van der Waals surface area contributed by atoms with Crippen LogP contribution in [0, 0.1) is 0 Å². The van der Waals surface area contributed by atoms with E-state index in [0.29, 0.717) is 17.0 Å². The SMILES string of the molecule is O=C(O)COc1ccccc1/C=N/Nc1ccc(C(=O)O)cc1. The zero-order valence-electron chi connectivity index (χ0n) is 12.0. The Morgan fingerprint density at radius 1 is 1.09 bits per heavy atom. The van der Waals surface area contributed by atoms with E-state index in [2.05, 4.69) is 10.5 Å². The van der Waals surface area contributed by atoms with Crippen molar-refractivity contribution >= 4 is 23.8 Å². The van der Waals surface area contributed by atoms with Gasteiger partial charge in [0.2, 0.25) is 0 Å². The van der Waals surface area contributed by atoms with Crippen molar-refractivity contribution in [1.82, 2.24) is 0 Å². The normalized spacial score (nSPS) is 10.4. The molecule has 2 rings (SSSR count). The number of anilines is 1. The van der Waals surface area contributed by atoms with Gasteiger partial charge in [0.05, 0.1) is 17.5 Å². The second-order valence-electron chi connectivity index (χ2n) is 4.47. The summed E-state index contributed by atoms with van der Waals surface area (Å²) in [6.45, 7) is -0.436. The van der Waals surface area contributed by atoms with Gasteiger partial charge in [0.1, 0.15) is 5.75 Å². The number of aliphatic carboxylic acids is 1. The van der Waals surface area contributed by atoms with Crippen LogP contribution in [0.2, 0.25) is 0 Å². The molecule has 3 N–H and O–H groups in total. The number of aromatic carboxylic acids is 1. The summed E-state index contributed by atoms with van der Waals surface area (Å²) in [5.41, 5.74) is 4.18. The number of carboxylic acids is 2. The van der Waals surface area contributed by atoms with Crippen molar-refractivity contribution in [2.45, 2.75) is 0 Å². The Balaban J connectivity index is 2.02. The van der Waals surface area contributed by atoms with E-state index in [4.69, 9.17) is 14.9 Å². The van der Waals surface area contributed by atoms with E-state index in [-0.39, 0.29) is 5.56 Å². The Morgan fingerprint density at radius 2 is 1.78 bits per heavy atom. The predicted octanol–water partition coefficient (Wildman–Crippen LogP) is 2.29. The summed E-state index contributed by atoms with van der Waals surface area (Å²) >= 11 is 0. The molecule has 0 aliphatic carbocycles. The van der Waals surface area contributed by atoms with Gasteiger partial charge in [-0.25, -0.2) is 9.59 Å². The quantitative estimate of drug-likeness (QED) is 0.534. The minimum absolute atomic E-state index is 0.187. The third-order valence-corrected chi connectivity index (χ3v) is 2.80. The van der Waals surface area contributed by atoms with Gasteiger partial charge >= 0.3 is 11.9 Å². The molecule has 2 aromatic carbocycles. The Morgan fingerprint density at radius 3 is 2.43 bits per heavy atom. The molecule has 0 aliphatic heterocycles. The Kier molecular flexibility index (Phi) is 5.30. The molecule has 0 atom stereocenters. The number of rotatable bonds is 7. The first-order valence-electron chi connectivity index (χ1n) is 6.62. The fourth-order valence-corrected chi connectivity index (χ4v) is 1.72. The van der Waals surface area contributed by atoms with Gasteiger partial charge in [0.15, 0.2) is 6.61 Å². The Labute approximate surface area is 131 Å². The van der Waals surface area contributed by atoms with Gasteiger partial charge in [-0.05, 0) is 36.4 Å². The molecule has 0 unspecified atom stereocenters. The topological polar surface area (TPSA) is 108 Å². The highest BCUT2D eigenvalue weighted by Gasteiger charge is 2.04. The second-order valence-corrected chi connectivity index (χ2v) is 4.47. The number of carboxylic acid groups (broad SMARTS) is 2. The number of hydrazone groups is 1. The smallest absolute Gasteiger partial charge is 0.341 e. The van der Waals surface area contributed by atoms with Crippen molar-refractivity contribution in [1.29, 1.82) is 0 Å². The fourth-order valence-electron chi connectivity index (χ4n) is 1.72. The highest BCUT2D eigenvalue weighted by Crippen LogP contribution is 2.16. The molecule has 23 heavy (non-hydrogen) atoms. The average molecular weight is 314 g/mol. The van der Waals surface area contributed by atoms with Crippen molar-refractivity contribution in [2.75, 3.05) is 12.0 Å². The number of para-hydroxylation sites is 1. The second kappa shape index (κ2) is 7.60. The van der Waals surface area contributed by atoms with Gasteiger partial charge in [0.25, 0.3) is 0 Å². The summed E-state index contributed by atoms with van der Waals surface area (Å²) < 4.78 is 5.16. The molecule has 0 amide bonds. The summed E-state index contributed by atoms with van der Waals surface area (Å²) in [4.78, 5) is 21.3. The largest absolute Gasteiger partial charge is 0.481 e.